The molecule has 0 saturated carbocycles. The van der Waals surface area contributed by atoms with Crippen molar-refractivity contribution in [3.8, 4) is 0 Å². The van der Waals surface area contributed by atoms with Gasteiger partial charge in [-0.25, -0.2) is 0 Å². The van der Waals surface area contributed by atoms with Crippen molar-refractivity contribution in [2.24, 2.45) is 18.4 Å². The Bertz CT molecular complexity index is 412. The van der Waals surface area contributed by atoms with Gasteiger partial charge in [-0.3, -0.25) is 4.68 Å². The zero-order chi connectivity index (χ0) is 14.6. The van der Waals surface area contributed by atoms with Crippen molar-refractivity contribution >= 4 is 11.6 Å². The first-order chi connectivity index (χ1) is 8.85. The molecule has 19 heavy (non-hydrogen) atoms. The van der Waals surface area contributed by atoms with Crippen molar-refractivity contribution in [1.82, 2.24) is 15.1 Å². The highest BCUT2D eigenvalue weighted by Crippen LogP contribution is 2.34. The van der Waals surface area contributed by atoms with Crippen LogP contribution in [0, 0.1) is 11.3 Å². The normalized spacial score (nSPS) is 14.9. The Balaban J connectivity index is 3.00. The number of nitrogens with one attached hydrogen (secondary N) is 1. The van der Waals surface area contributed by atoms with Crippen LogP contribution in [0.1, 0.15) is 46.0 Å². The molecule has 1 unspecified atom stereocenters. The monoisotopic (exact) mass is 285 g/mol. The van der Waals surface area contributed by atoms with Crippen molar-refractivity contribution in [1.29, 1.82) is 0 Å². The molecule has 1 aromatic rings. The molecule has 1 heterocycles. The fraction of sp³-hybridized carbons (Fsp3) is 0.800. The molecule has 1 rings (SSSR count). The van der Waals surface area contributed by atoms with Crippen LogP contribution >= 0.6 is 11.6 Å². The van der Waals surface area contributed by atoms with E-state index in [1.807, 2.05) is 11.7 Å². The maximum Gasteiger partial charge on any atom is 0.0849 e. The highest BCUT2D eigenvalue weighted by Gasteiger charge is 2.31. The van der Waals surface area contributed by atoms with E-state index < -0.39 is 0 Å². The highest BCUT2D eigenvalue weighted by molar-refractivity contribution is 6.31. The largest absolute Gasteiger partial charge is 0.316 e. The van der Waals surface area contributed by atoms with E-state index in [1.165, 1.54) is 0 Å². The van der Waals surface area contributed by atoms with Crippen molar-refractivity contribution in [2.75, 3.05) is 13.1 Å². The van der Waals surface area contributed by atoms with Crippen LogP contribution in [-0.2, 0) is 19.9 Å². The number of rotatable bonds is 7. The van der Waals surface area contributed by atoms with E-state index >= 15 is 0 Å². The molecule has 0 aliphatic heterocycles. The second-order valence-electron chi connectivity index (χ2n) is 5.95. The molecule has 0 fully saturated rings. The second-order valence-corrected chi connectivity index (χ2v) is 6.33. The minimum atomic E-state index is 0.193. The smallest absolute Gasteiger partial charge is 0.0849 e. The fourth-order valence-electron chi connectivity index (χ4n) is 2.28. The molecule has 0 spiro atoms. The predicted molar refractivity (Wildman–Crippen MR) is 82.8 cm³/mol. The SMILES string of the molecule is CCNCC(C)(Cc1c(Cl)c(CC)nn1C)C(C)C. The molecular weight excluding hydrogens is 258 g/mol. The highest BCUT2D eigenvalue weighted by atomic mass is 35.5. The Kier molecular flexibility index (Phi) is 5.87. The number of aromatic nitrogens is 2. The summed E-state index contributed by atoms with van der Waals surface area (Å²) in [5.41, 5.74) is 2.36. The number of halogens is 1. The van der Waals surface area contributed by atoms with Crippen molar-refractivity contribution < 1.29 is 0 Å². The van der Waals surface area contributed by atoms with E-state index in [4.69, 9.17) is 11.6 Å². The summed E-state index contributed by atoms with van der Waals surface area (Å²) in [5.74, 6) is 0.586. The van der Waals surface area contributed by atoms with E-state index in [9.17, 15) is 0 Å². The van der Waals surface area contributed by atoms with Gasteiger partial charge in [0, 0.05) is 13.6 Å². The maximum atomic E-state index is 6.47. The van der Waals surface area contributed by atoms with Crippen LogP contribution in [0.25, 0.3) is 0 Å². The molecule has 4 heteroatoms. The van der Waals surface area contributed by atoms with Gasteiger partial charge < -0.3 is 5.32 Å². The fourth-order valence-corrected chi connectivity index (χ4v) is 2.64. The molecule has 0 aliphatic rings. The molecule has 1 N–H and O–H groups in total. The van der Waals surface area contributed by atoms with Gasteiger partial charge in [0.05, 0.1) is 16.4 Å². The van der Waals surface area contributed by atoms with Crippen LogP contribution in [0.5, 0.6) is 0 Å². The summed E-state index contributed by atoms with van der Waals surface area (Å²) in [4.78, 5) is 0. The average molecular weight is 286 g/mol. The van der Waals surface area contributed by atoms with Gasteiger partial charge in [-0.05, 0) is 30.7 Å². The summed E-state index contributed by atoms with van der Waals surface area (Å²) in [7, 11) is 1.99. The number of hydrogen-bond donors (Lipinski definition) is 1. The van der Waals surface area contributed by atoms with Crippen LogP contribution < -0.4 is 5.32 Å². The van der Waals surface area contributed by atoms with Gasteiger partial charge in [-0.2, -0.15) is 5.10 Å². The lowest BCUT2D eigenvalue weighted by atomic mass is 9.75. The third-order valence-electron chi connectivity index (χ3n) is 4.25. The molecular formula is C15H28ClN3. The summed E-state index contributed by atoms with van der Waals surface area (Å²) < 4.78 is 1.95. The summed E-state index contributed by atoms with van der Waals surface area (Å²) in [6, 6.07) is 0. The Morgan fingerprint density at radius 1 is 1.37 bits per heavy atom. The summed E-state index contributed by atoms with van der Waals surface area (Å²) in [5, 5.41) is 8.85. The van der Waals surface area contributed by atoms with E-state index in [2.05, 4.69) is 45.0 Å². The van der Waals surface area contributed by atoms with Gasteiger partial charge in [0.2, 0.25) is 0 Å². The number of nitrogens with zero attached hydrogens (tertiary/aromatic N) is 2. The predicted octanol–water partition coefficient (Wildman–Crippen LogP) is 3.45. The van der Waals surface area contributed by atoms with Gasteiger partial charge >= 0.3 is 0 Å². The summed E-state index contributed by atoms with van der Waals surface area (Å²) in [6.07, 6.45) is 1.85. The van der Waals surface area contributed by atoms with E-state index in [1.54, 1.807) is 0 Å². The molecule has 0 saturated heterocycles. The Morgan fingerprint density at radius 2 is 2.00 bits per heavy atom. The van der Waals surface area contributed by atoms with Crippen LogP contribution in [0.15, 0.2) is 0 Å². The van der Waals surface area contributed by atoms with Gasteiger partial charge in [0.25, 0.3) is 0 Å². The standard InChI is InChI=1S/C15H28ClN3/c1-7-12-14(16)13(19(6)18-12)9-15(5,11(3)4)10-17-8-2/h11,17H,7-10H2,1-6H3. The summed E-state index contributed by atoms with van der Waals surface area (Å²) >= 11 is 6.47. The Labute approximate surface area is 122 Å². The zero-order valence-corrected chi connectivity index (χ0v) is 13.9. The zero-order valence-electron chi connectivity index (χ0n) is 13.2. The Hall–Kier alpha value is -0.540. The summed E-state index contributed by atoms with van der Waals surface area (Å²) in [6.45, 7) is 13.1. The number of hydrogen-bond acceptors (Lipinski definition) is 2. The average Bonchev–Trinajstić information content (AvgIpc) is 2.63. The third kappa shape index (κ3) is 3.73. The lowest BCUT2D eigenvalue weighted by molar-refractivity contribution is 0.204. The van der Waals surface area contributed by atoms with E-state index in [-0.39, 0.29) is 5.41 Å². The quantitative estimate of drug-likeness (QED) is 0.832. The first-order valence-electron chi connectivity index (χ1n) is 7.26. The molecule has 0 radical (unpaired) electrons. The van der Waals surface area contributed by atoms with Gasteiger partial charge in [-0.1, -0.05) is 46.2 Å². The third-order valence-corrected chi connectivity index (χ3v) is 4.68. The Morgan fingerprint density at radius 3 is 2.42 bits per heavy atom. The molecule has 1 atom stereocenters. The lowest BCUT2D eigenvalue weighted by Gasteiger charge is -2.34. The van der Waals surface area contributed by atoms with E-state index in [0.717, 1.165) is 42.3 Å². The second kappa shape index (κ2) is 6.76. The number of aryl methyl sites for hydroxylation is 2. The van der Waals surface area contributed by atoms with Gasteiger partial charge in [0.1, 0.15) is 0 Å². The molecule has 0 aromatic carbocycles. The molecule has 0 amide bonds. The first-order valence-corrected chi connectivity index (χ1v) is 7.64. The molecule has 0 bridgehead atoms. The lowest BCUT2D eigenvalue weighted by Crippen LogP contribution is -2.38. The van der Waals surface area contributed by atoms with Crippen LogP contribution in [0.3, 0.4) is 0 Å². The molecule has 1 aromatic heterocycles. The molecule has 110 valence electrons. The van der Waals surface area contributed by atoms with Crippen LogP contribution in [-0.4, -0.2) is 22.9 Å². The minimum Gasteiger partial charge on any atom is -0.316 e. The maximum absolute atomic E-state index is 6.47. The molecule has 3 nitrogen and oxygen atoms in total. The first kappa shape index (κ1) is 16.5. The van der Waals surface area contributed by atoms with Gasteiger partial charge in [-0.15, -0.1) is 0 Å². The van der Waals surface area contributed by atoms with Crippen molar-refractivity contribution in [3.05, 3.63) is 16.4 Å². The van der Waals surface area contributed by atoms with Crippen molar-refractivity contribution in [3.63, 3.8) is 0 Å². The van der Waals surface area contributed by atoms with Crippen LogP contribution in [0.4, 0.5) is 0 Å². The molecule has 0 aliphatic carbocycles. The minimum absolute atomic E-state index is 0.193. The van der Waals surface area contributed by atoms with E-state index in [0.29, 0.717) is 5.92 Å². The van der Waals surface area contributed by atoms with Crippen molar-refractivity contribution in [2.45, 2.75) is 47.5 Å². The van der Waals surface area contributed by atoms with Crippen LogP contribution in [0.2, 0.25) is 5.02 Å². The topological polar surface area (TPSA) is 29.9 Å². The van der Waals surface area contributed by atoms with Gasteiger partial charge in [0.15, 0.2) is 0 Å².